The van der Waals surface area contributed by atoms with Crippen LogP contribution in [0.2, 0.25) is 0 Å². The number of nitrogens with one attached hydrogen (secondary N) is 1. The van der Waals surface area contributed by atoms with Gasteiger partial charge in [-0.2, -0.15) is 10.2 Å². The average Bonchev–Trinajstić information content (AvgIpc) is 3.20. The molecule has 0 atom stereocenters. The van der Waals surface area contributed by atoms with Gasteiger partial charge in [0.1, 0.15) is 11.6 Å². The van der Waals surface area contributed by atoms with Crippen molar-refractivity contribution in [2.75, 3.05) is 11.9 Å². The lowest BCUT2D eigenvalue weighted by Crippen LogP contribution is -2.10. The molecule has 0 spiro atoms. The first-order valence-corrected chi connectivity index (χ1v) is 7.54. The maximum Gasteiger partial charge on any atom is 0.125 e. The Balaban J connectivity index is 1.84. The van der Waals surface area contributed by atoms with Crippen molar-refractivity contribution in [3.63, 3.8) is 0 Å². The second-order valence-corrected chi connectivity index (χ2v) is 5.48. The topological polar surface area (TPSA) is 81.0 Å². The number of hydrogen-bond acceptors (Lipinski definition) is 5. The van der Waals surface area contributed by atoms with Crippen molar-refractivity contribution < 1.29 is 9.52 Å². The van der Waals surface area contributed by atoms with Crippen LogP contribution in [0.15, 0.2) is 29.0 Å². The molecular weight excluding hydrogens is 294 g/mol. The first kappa shape index (κ1) is 15.4. The summed E-state index contributed by atoms with van der Waals surface area (Å²) in [6, 6.07) is 3.87. The SMILES string of the molecule is Cc1occc1-c1cc(NCc2cnn(C)c2C)n(CCO)n1. The largest absolute Gasteiger partial charge is 0.469 e. The van der Waals surface area contributed by atoms with Gasteiger partial charge in [0.15, 0.2) is 0 Å². The summed E-state index contributed by atoms with van der Waals surface area (Å²) in [5.41, 5.74) is 4.04. The summed E-state index contributed by atoms with van der Waals surface area (Å²) in [5.74, 6) is 1.69. The quantitative estimate of drug-likeness (QED) is 0.728. The van der Waals surface area contributed by atoms with Crippen molar-refractivity contribution in [3.05, 3.63) is 41.6 Å². The van der Waals surface area contributed by atoms with Crippen LogP contribution in [0.1, 0.15) is 17.0 Å². The zero-order valence-corrected chi connectivity index (χ0v) is 13.6. The normalized spacial score (nSPS) is 11.1. The fraction of sp³-hybridized carbons (Fsp3) is 0.375. The van der Waals surface area contributed by atoms with Gasteiger partial charge in [-0.3, -0.25) is 4.68 Å². The predicted octanol–water partition coefficient (Wildman–Crippen LogP) is 2.10. The third-order valence-corrected chi connectivity index (χ3v) is 4.02. The van der Waals surface area contributed by atoms with E-state index in [4.69, 9.17) is 4.42 Å². The molecule has 0 aliphatic rings. The molecular formula is C16H21N5O2. The van der Waals surface area contributed by atoms with Crippen LogP contribution in [0.4, 0.5) is 5.82 Å². The average molecular weight is 315 g/mol. The predicted molar refractivity (Wildman–Crippen MR) is 87.0 cm³/mol. The van der Waals surface area contributed by atoms with E-state index in [1.54, 1.807) is 10.9 Å². The van der Waals surface area contributed by atoms with Crippen molar-refractivity contribution in [2.24, 2.45) is 7.05 Å². The summed E-state index contributed by atoms with van der Waals surface area (Å²) in [5, 5.41) is 21.4. The van der Waals surface area contributed by atoms with Crippen LogP contribution in [0.5, 0.6) is 0 Å². The molecule has 0 amide bonds. The van der Waals surface area contributed by atoms with E-state index in [0.717, 1.165) is 34.1 Å². The first-order chi connectivity index (χ1) is 11.1. The summed E-state index contributed by atoms with van der Waals surface area (Å²) in [4.78, 5) is 0. The van der Waals surface area contributed by atoms with Crippen molar-refractivity contribution in [2.45, 2.75) is 26.9 Å². The molecule has 0 aromatic carbocycles. The Bertz CT molecular complexity index is 799. The van der Waals surface area contributed by atoms with E-state index in [0.29, 0.717) is 13.1 Å². The molecule has 3 heterocycles. The molecule has 0 saturated carbocycles. The fourth-order valence-electron chi connectivity index (χ4n) is 2.51. The van der Waals surface area contributed by atoms with Gasteiger partial charge in [0.2, 0.25) is 0 Å². The molecule has 0 aliphatic heterocycles. The number of aryl methyl sites for hydroxylation is 2. The van der Waals surface area contributed by atoms with Crippen LogP contribution in [0.3, 0.4) is 0 Å². The van der Waals surface area contributed by atoms with Gasteiger partial charge in [0.05, 0.1) is 31.3 Å². The number of aliphatic hydroxyl groups excluding tert-OH is 1. The Labute approximate surface area is 134 Å². The van der Waals surface area contributed by atoms with Crippen LogP contribution in [0, 0.1) is 13.8 Å². The first-order valence-electron chi connectivity index (χ1n) is 7.54. The molecule has 0 saturated heterocycles. The molecule has 7 nitrogen and oxygen atoms in total. The molecule has 3 rings (SSSR count). The van der Waals surface area contributed by atoms with Gasteiger partial charge < -0.3 is 14.8 Å². The van der Waals surface area contributed by atoms with E-state index < -0.39 is 0 Å². The van der Waals surface area contributed by atoms with Crippen molar-refractivity contribution >= 4 is 5.82 Å². The number of aliphatic hydroxyl groups is 1. The Kier molecular flexibility index (Phi) is 4.20. The van der Waals surface area contributed by atoms with Crippen LogP contribution in [-0.2, 0) is 20.1 Å². The number of anilines is 1. The highest BCUT2D eigenvalue weighted by atomic mass is 16.3. The van der Waals surface area contributed by atoms with Crippen molar-refractivity contribution in [3.8, 4) is 11.3 Å². The Morgan fingerprint density at radius 2 is 2.17 bits per heavy atom. The van der Waals surface area contributed by atoms with Gasteiger partial charge >= 0.3 is 0 Å². The van der Waals surface area contributed by atoms with E-state index in [9.17, 15) is 5.11 Å². The Hall–Kier alpha value is -2.54. The summed E-state index contributed by atoms with van der Waals surface area (Å²) in [6.45, 7) is 5.07. The summed E-state index contributed by atoms with van der Waals surface area (Å²) in [6.07, 6.45) is 3.51. The molecule has 7 heteroatoms. The standard InChI is InChI=1S/C16H21N5O2/c1-11-13(10-18-20(11)3)9-17-16-8-15(19-21(16)5-6-22)14-4-7-23-12(14)2/h4,7-8,10,17,22H,5-6,9H2,1-3H3. The van der Waals surface area contributed by atoms with E-state index >= 15 is 0 Å². The van der Waals surface area contributed by atoms with Gasteiger partial charge in [-0.15, -0.1) is 0 Å². The lowest BCUT2D eigenvalue weighted by atomic mass is 10.2. The monoisotopic (exact) mass is 315 g/mol. The maximum atomic E-state index is 9.25. The maximum absolute atomic E-state index is 9.25. The zero-order chi connectivity index (χ0) is 16.4. The van der Waals surface area contributed by atoms with Crippen LogP contribution in [-0.4, -0.2) is 31.3 Å². The van der Waals surface area contributed by atoms with Crippen LogP contribution >= 0.6 is 0 Å². The van der Waals surface area contributed by atoms with Crippen LogP contribution < -0.4 is 5.32 Å². The third-order valence-electron chi connectivity index (χ3n) is 4.02. The fourth-order valence-corrected chi connectivity index (χ4v) is 2.51. The number of furan rings is 1. The van der Waals surface area contributed by atoms with Gasteiger partial charge in [0, 0.05) is 36.5 Å². The smallest absolute Gasteiger partial charge is 0.125 e. The summed E-state index contributed by atoms with van der Waals surface area (Å²) < 4.78 is 8.97. The number of aromatic nitrogens is 4. The molecule has 23 heavy (non-hydrogen) atoms. The molecule has 0 aliphatic carbocycles. The minimum atomic E-state index is 0.0338. The van der Waals surface area contributed by atoms with Gasteiger partial charge in [-0.25, -0.2) is 4.68 Å². The second kappa shape index (κ2) is 6.29. The Morgan fingerprint density at radius 3 is 2.78 bits per heavy atom. The van der Waals surface area contributed by atoms with E-state index in [-0.39, 0.29) is 6.61 Å². The van der Waals surface area contributed by atoms with Crippen molar-refractivity contribution in [1.82, 2.24) is 19.6 Å². The molecule has 122 valence electrons. The van der Waals surface area contributed by atoms with Gasteiger partial charge in [-0.05, 0) is 19.9 Å². The minimum absolute atomic E-state index is 0.0338. The van der Waals surface area contributed by atoms with Gasteiger partial charge in [0.25, 0.3) is 0 Å². The zero-order valence-electron chi connectivity index (χ0n) is 13.6. The number of rotatable bonds is 6. The highest BCUT2D eigenvalue weighted by molar-refractivity contribution is 5.64. The highest BCUT2D eigenvalue weighted by Crippen LogP contribution is 2.26. The molecule has 2 N–H and O–H groups in total. The molecule has 0 radical (unpaired) electrons. The lowest BCUT2D eigenvalue weighted by Gasteiger charge is -2.08. The summed E-state index contributed by atoms with van der Waals surface area (Å²) in [7, 11) is 1.93. The van der Waals surface area contributed by atoms with Crippen molar-refractivity contribution in [1.29, 1.82) is 0 Å². The molecule has 3 aromatic rings. The number of hydrogen-bond donors (Lipinski definition) is 2. The second-order valence-electron chi connectivity index (χ2n) is 5.48. The number of nitrogens with zero attached hydrogens (tertiary/aromatic N) is 4. The van der Waals surface area contributed by atoms with E-state index in [1.807, 2.05) is 43.9 Å². The molecule has 0 fully saturated rings. The van der Waals surface area contributed by atoms with Crippen LogP contribution in [0.25, 0.3) is 11.3 Å². The van der Waals surface area contributed by atoms with E-state index in [2.05, 4.69) is 15.5 Å². The van der Waals surface area contributed by atoms with E-state index in [1.165, 1.54) is 0 Å². The molecule has 3 aromatic heterocycles. The Morgan fingerprint density at radius 1 is 1.35 bits per heavy atom. The molecule has 0 unspecified atom stereocenters. The van der Waals surface area contributed by atoms with Gasteiger partial charge in [-0.1, -0.05) is 0 Å². The summed E-state index contributed by atoms with van der Waals surface area (Å²) >= 11 is 0. The highest BCUT2D eigenvalue weighted by Gasteiger charge is 2.13. The third kappa shape index (κ3) is 3.00. The molecule has 0 bridgehead atoms. The minimum Gasteiger partial charge on any atom is -0.469 e. The lowest BCUT2D eigenvalue weighted by molar-refractivity contribution is 0.270.